The lowest BCUT2D eigenvalue weighted by Gasteiger charge is -2.28. The maximum Gasteiger partial charge on any atom is 0.279 e. The Hall–Kier alpha value is -0.170. The van der Waals surface area contributed by atoms with E-state index in [9.17, 15) is 8.42 Å². The number of piperidine rings is 1. The van der Waals surface area contributed by atoms with Gasteiger partial charge in [-0.1, -0.05) is 0 Å². The van der Waals surface area contributed by atoms with Crippen LogP contribution < -0.4 is 10.0 Å². The minimum atomic E-state index is -3.27. The Morgan fingerprint density at radius 1 is 1.36 bits per heavy atom. The Morgan fingerprint density at radius 3 is 2.43 bits per heavy atom. The molecule has 0 amide bonds. The molecule has 2 N–H and O–H groups in total. The second-order valence-electron chi connectivity index (χ2n) is 3.99. The van der Waals surface area contributed by atoms with Gasteiger partial charge in [0.2, 0.25) is 0 Å². The van der Waals surface area contributed by atoms with Gasteiger partial charge in [-0.25, -0.2) is 0 Å². The van der Waals surface area contributed by atoms with Gasteiger partial charge < -0.3 is 5.32 Å². The van der Waals surface area contributed by atoms with Crippen LogP contribution in [0.25, 0.3) is 0 Å². The first kappa shape index (κ1) is 11.9. The van der Waals surface area contributed by atoms with Crippen LogP contribution in [0.5, 0.6) is 0 Å². The number of hydrogen-bond acceptors (Lipinski definition) is 3. The molecule has 1 aliphatic rings. The molecule has 14 heavy (non-hydrogen) atoms. The molecule has 1 aliphatic heterocycles. The summed E-state index contributed by atoms with van der Waals surface area (Å²) in [6, 6.07) is 0.522. The summed E-state index contributed by atoms with van der Waals surface area (Å²) >= 11 is 0. The smallest absolute Gasteiger partial charge is 0.279 e. The van der Waals surface area contributed by atoms with E-state index in [0.29, 0.717) is 12.6 Å². The summed E-state index contributed by atoms with van der Waals surface area (Å²) in [4.78, 5) is 0. The van der Waals surface area contributed by atoms with Crippen molar-refractivity contribution in [2.75, 3.05) is 20.6 Å². The van der Waals surface area contributed by atoms with Crippen molar-refractivity contribution in [3.63, 3.8) is 0 Å². The highest BCUT2D eigenvalue weighted by Crippen LogP contribution is 2.08. The fourth-order valence-corrected chi connectivity index (χ4v) is 2.25. The average Bonchev–Trinajstić information content (AvgIpc) is 2.08. The van der Waals surface area contributed by atoms with Crippen LogP contribution in [0, 0.1) is 0 Å². The van der Waals surface area contributed by atoms with Gasteiger partial charge >= 0.3 is 0 Å². The lowest BCUT2D eigenvalue weighted by Crippen LogP contribution is -2.51. The standard InChI is InChI=1S/C8H19N3O2S/c1-7-4-5-8(6-9-7)10-14(12,13)11(2)3/h7-10H,4-6H2,1-3H3. The third-order valence-corrected chi connectivity index (χ3v) is 4.05. The van der Waals surface area contributed by atoms with E-state index in [4.69, 9.17) is 0 Å². The lowest BCUT2D eigenvalue weighted by molar-refractivity contribution is 0.360. The Balaban J connectivity index is 2.46. The van der Waals surface area contributed by atoms with Crippen LogP contribution in [0.2, 0.25) is 0 Å². The quantitative estimate of drug-likeness (QED) is 0.677. The van der Waals surface area contributed by atoms with E-state index < -0.39 is 10.2 Å². The molecule has 5 nitrogen and oxygen atoms in total. The van der Waals surface area contributed by atoms with Gasteiger partial charge in [-0.05, 0) is 19.8 Å². The summed E-state index contributed by atoms with van der Waals surface area (Å²) in [5.74, 6) is 0. The van der Waals surface area contributed by atoms with Gasteiger partial charge in [0.15, 0.2) is 0 Å². The van der Waals surface area contributed by atoms with Gasteiger partial charge in [-0.3, -0.25) is 0 Å². The monoisotopic (exact) mass is 221 g/mol. The second kappa shape index (κ2) is 4.57. The SMILES string of the molecule is CC1CCC(NS(=O)(=O)N(C)C)CN1. The molecule has 0 aromatic heterocycles. The number of nitrogens with zero attached hydrogens (tertiary/aromatic N) is 1. The molecular formula is C8H19N3O2S. The molecule has 2 atom stereocenters. The van der Waals surface area contributed by atoms with Crippen LogP contribution in [-0.2, 0) is 10.2 Å². The largest absolute Gasteiger partial charge is 0.313 e. The lowest BCUT2D eigenvalue weighted by atomic mass is 10.0. The summed E-state index contributed by atoms with van der Waals surface area (Å²) in [6.07, 6.45) is 1.92. The third kappa shape index (κ3) is 3.20. The Bertz CT molecular complexity index is 268. The van der Waals surface area contributed by atoms with Crippen LogP contribution in [0.1, 0.15) is 19.8 Å². The van der Waals surface area contributed by atoms with Crippen molar-refractivity contribution in [1.29, 1.82) is 0 Å². The Morgan fingerprint density at radius 2 is 2.00 bits per heavy atom. The molecule has 1 rings (SSSR count). The summed E-state index contributed by atoms with van der Waals surface area (Å²) in [5, 5.41) is 3.25. The van der Waals surface area contributed by atoms with E-state index in [-0.39, 0.29) is 6.04 Å². The highest BCUT2D eigenvalue weighted by atomic mass is 32.2. The van der Waals surface area contributed by atoms with Crippen LogP contribution >= 0.6 is 0 Å². The molecule has 6 heteroatoms. The van der Waals surface area contributed by atoms with E-state index in [2.05, 4.69) is 17.0 Å². The molecule has 1 fully saturated rings. The van der Waals surface area contributed by atoms with Crippen molar-refractivity contribution < 1.29 is 8.42 Å². The summed E-state index contributed by atoms with van der Waals surface area (Å²) in [5.41, 5.74) is 0. The fraction of sp³-hybridized carbons (Fsp3) is 1.00. The zero-order valence-electron chi connectivity index (χ0n) is 8.95. The number of hydrogen-bond donors (Lipinski definition) is 2. The zero-order chi connectivity index (χ0) is 10.8. The molecule has 0 aromatic rings. The van der Waals surface area contributed by atoms with Crippen LogP contribution in [0.15, 0.2) is 0 Å². The normalized spacial score (nSPS) is 29.4. The van der Waals surface area contributed by atoms with E-state index in [1.54, 1.807) is 0 Å². The minimum absolute atomic E-state index is 0.0265. The maximum atomic E-state index is 11.5. The number of nitrogens with one attached hydrogen (secondary N) is 2. The summed E-state index contributed by atoms with van der Waals surface area (Å²) in [7, 11) is -0.214. The molecule has 0 spiro atoms. The van der Waals surface area contributed by atoms with Crippen LogP contribution in [-0.4, -0.2) is 45.4 Å². The predicted octanol–water partition coefficient (Wildman–Crippen LogP) is -0.477. The summed E-state index contributed by atoms with van der Waals surface area (Å²) < 4.78 is 26.8. The van der Waals surface area contributed by atoms with Crippen molar-refractivity contribution >= 4 is 10.2 Å². The first-order valence-corrected chi connectivity index (χ1v) is 6.29. The molecule has 0 aliphatic carbocycles. The van der Waals surface area contributed by atoms with E-state index in [1.807, 2.05) is 0 Å². The average molecular weight is 221 g/mol. The predicted molar refractivity (Wildman–Crippen MR) is 56.2 cm³/mol. The first-order valence-electron chi connectivity index (χ1n) is 4.85. The molecule has 1 saturated heterocycles. The van der Waals surface area contributed by atoms with Gasteiger partial charge in [0.05, 0.1) is 0 Å². The van der Waals surface area contributed by atoms with Crippen LogP contribution in [0.3, 0.4) is 0 Å². The molecule has 1 heterocycles. The van der Waals surface area contributed by atoms with Gasteiger partial charge in [-0.15, -0.1) is 0 Å². The highest BCUT2D eigenvalue weighted by Gasteiger charge is 2.23. The fourth-order valence-electron chi connectivity index (χ4n) is 1.42. The molecular weight excluding hydrogens is 202 g/mol. The van der Waals surface area contributed by atoms with Crippen LogP contribution in [0.4, 0.5) is 0 Å². The van der Waals surface area contributed by atoms with Gasteiger partial charge in [0.1, 0.15) is 0 Å². The van der Waals surface area contributed by atoms with Crippen molar-refractivity contribution in [3.8, 4) is 0 Å². The number of rotatable bonds is 3. The molecule has 0 bridgehead atoms. The molecule has 0 saturated carbocycles. The van der Waals surface area contributed by atoms with Crippen molar-refractivity contribution in [3.05, 3.63) is 0 Å². The van der Waals surface area contributed by atoms with Gasteiger partial charge in [0, 0.05) is 32.7 Å². The van der Waals surface area contributed by atoms with E-state index in [0.717, 1.165) is 12.8 Å². The second-order valence-corrected chi connectivity index (χ2v) is 5.90. The highest BCUT2D eigenvalue weighted by molar-refractivity contribution is 7.87. The van der Waals surface area contributed by atoms with Gasteiger partial charge in [-0.2, -0.15) is 17.4 Å². The van der Waals surface area contributed by atoms with Gasteiger partial charge in [0.25, 0.3) is 10.2 Å². The minimum Gasteiger partial charge on any atom is -0.313 e. The van der Waals surface area contributed by atoms with Crippen molar-refractivity contribution in [2.24, 2.45) is 0 Å². The molecule has 0 radical (unpaired) electrons. The maximum absolute atomic E-state index is 11.5. The Labute approximate surface area is 86.0 Å². The van der Waals surface area contributed by atoms with E-state index in [1.165, 1.54) is 18.4 Å². The first-order chi connectivity index (χ1) is 6.42. The molecule has 84 valence electrons. The Kier molecular flexibility index (Phi) is 3.88. The van der Waals surface area contributed by atoms with E-state index >= 15 is 0 Å². The zero-order valence-corrected chi connectivity index (χ0v) is 9.76. The summed E-state index contributed by atoms with van der Waals surface area (Å²) in [6.45, 7) is 2.82. The van der Waals surface area contributed by atoms with Crippen molar-refractivity contribution in [1.82, 2.24) is 14.3 Å². The molecule has 2 unspecified atom stereocenters. The van der Waals surface area contributed by atoms with Crippen molar-refractivity contribution in [2.45, 2.75) is 31.8 Å². The third-order valence-electron chi connectivity index (χ3n) is 2.46. The topological polar surface area (TPSA) is 61.4 Å². The molecule has 0 aromatic carbocycles.